The summed E-state index contributed by atoms with van der Waals surface area (Å²) >= 11 is 7.94. The number of thiazole rings is 1. The van der Waals surface area contributed by atoms with E-state index in [1.54, 1.807) is 31.8 Å². The molecule has 0 unspecified atom stereocenters. The van der Waals surface area contributed by atoms with Crippen LogP contribution in [0.1, 0.15) is 5.56 Å². The summed E-state index contributed by atoms with van der Waals surface area (Å²) in [6.45, 7) is 2.04. The zero-order valence-electron chi connectivity index (χ0n) is 14.0. The molecule has 0 fully saturated rings. The number of nitrogens with zero attached hydrogens (tertiary/aromatic N) is 2. The predicted molar refractivity (Wildman–Crippen MR) is 103 cm³/mol. The molecule has 0 spiro atoms. The van der Waals surface area contributed by atoms with Gasteiger partial charge in [0.25, 0.3) is 0 Å². The second-order valence-electron chi connectivity index (χ2n) is 5.71. The number of aryl methyl sites for hydroxylation is 1. The lowest BCUT2D eigenvalue weighted by Crippen LogP contribution is -1.89. The number of fused-ring (bicyclic) bond motifs is 2. The summed E-state index contributed by atoms with van der Waals surface area (Å²) in [6, 6.07) is 9.72. The van der Waals surface area contributed by atoms with E-state index in [1.165, 1.54) is 0 Å². The first-order chi connectivity index (χ1) is 12.1. The molecule has 0 bridgehead atoms. The summed E-state index contributed by atoms with van der Waals surface area (Å²) in [5.41, 5.74) is 3.83. The van der Waals surface area contributed by atoms with Gasteiger partial charge in [-0.15, -0.1) is 11.3 Å². The molecule has 0 aliphatic rings. The number of pyridine rings is 1. The fraction of sp³-hybridized carbons (Fsp3) is 0.158. The summed E-state index contributed by atoms with van der Waals surface area (Å²) in [6.07, 6.45) is 1.71. The minimum Gasteiger partial charge on any atom is -0.497 e. The van der Waals surface area contributed by atoms with Crippen molar-refractivity contribution in [1.29, 1.82) is 0 Å². The number of aromatic nitrogens is 2. The standard InChI is InChI=1S/C19H15ClN2O2S/c1-10-4-13(23-2)8-16-17(10)22-19(25-16)15-7-12(20)5-11-6-14(24-3)9-21-18(11)15/h4-9H,1-3H3. The van der Waals surface area contributed by atoms with Gasteiger partial charge in [0.15, 0.2) is 0 Å². The quantitative estimate of drug-likeness (QED) is 0.478. The van der Waals surface area contributed by atoms with Crippen LogP contribution in [0.15, 0.2) is 36.5 Å². The molecule has 0 aliphatic heterocycles. The first kappa shape index (κ1) is 16.1. The Kier molecular flexibility index (Phi) is 3.98. The van der Waals surface area contributed by atoms with Crippen molar-refractivity contribution in [1.82, 2.24) is 9.97 Å². The van der Waals surface area contributed by atoms with Crippen LogP contribution >= 0.6 is 22.9 Å². The second-order valence-corrected chi connectivity index (χ2v) is 7.18. The molecule has 4 nitrogen and oxygen atoms in total. The highest BCUT2D eigenvalue weighted by molar-refractivity contribution is 7.21. The summed E-state index contributed by atoms with van der Waals surface area (Å²) < 4.78 is 11.7. The molecule has 2 aromatic carbocycles. The van der Waals surface area contributed by atoms with Crippen molar-refractivity contribution in [2.75, 3.05) is 14.2 Å². The van der Waals surface area contributed by atoms with Crippen LogP contribution in [0.25, 0.3) is 31.7 Å². The Morgan fingerprint density at radius 1 is 0.960 bits per heavy atom. The molecule has 0 aliphatic carbocycles. The number of hydrogen-bond donors (Lipinski definition) is 0. The van der Waals surface area contributed by atoms with E-state index in [2.05, 4.69) is 4.98 Å². The molecule has 0 amide bonds. The molecule has 0 atom stereocenters. The molecule has 2 aromatic heterocycles. The van der Waals surface area contributed by atoms with E-state index in [0.29, 0.717) is 10.8 Å². The highest BCUT2D eigenvalue weighted by Gasteiger charge is 2.14. The maximum Gasteiger partial charge on any atom is 0.137 e. The number of methoxy groups -OCH3 is 2. The minimum absolute atomic E-state index is 0.645. The molecule has 4 rings (SSSR count). The predicted octanol–water partition coefficient (Wildman–Crippen LogP) is 5.49. The Morgan fingerprint density at radius 3 is 2.52 bits per heavy atom. The fourth-order valence-corrected chi connectivity index (χ4v) is 4.18. The Balaban J connectivity index is 1.97. The largest absolute Gasteiger partial charge is 0.497 e. The maximum atomic E-state index is 6.34. The zero-order chi connectivity index (χ0) is 17.6. The SMILES string of the molecule is COc1cnc2c(-c3nc4c(C)cc(OC)cc4s3)cc(Cl)cc2c1. The third kappa shape index (κ3) is 2.79. The second kappa shape index (κ2) is 6.17. The highest BCUT2D eigenvalue weighted by atomic mass is 35.5. The van der Waals surface area contributed by atoms with E-state index in [-0.39, 0.29) is 0 Å². The molecule has 0 radical (unpaired) electrons. The van der Waals surface area contributed by atoms with E-state index in [0.717, 1.165) is 43.0 Å². The maximum absolute atomic E-state index is 6.34. The van der Waals surface area contributed by atoms with Crippen LogP contribution in [0.2, 0.25) is 5.02 Å². The van der Waals surface area contributed by atoms with Crippen LogP contribution in [0.3, 0.4) is 0 Å². The van der Waals surface area contributed by atoms with Crippen LogP contribution in [0, 0.1) is 6.92 Å². The topological polar surface area (TPSA) is 44.2 Å². The van der Waals surface area contributed by atoms with E-state index >= 15 is 0 Å². The average Bonchev–Trinajstić information content (AvgIpc) is 3.04. The molecule has 0 N–H and O–H groups in total. The number of ether oxygens (including phenoxy) is 2. The van der Waals surface area contributed by atoms with Crippen molar-refractivity contribution < 1.29 is 9.47 Å². The van der Waals surface area contributed by atoms with Crippen LogP contribution in [-0.4, -0.2) is 24.2 Å². The lowest BCUT2D eigenvalue weighted by molar-refractivity contribution is 0.414. The van der Waals surface area contributed by atoms with Gasteiger partial charge in [0.05, 0.1) is 36.1 Å². The first-order valence-electron chi connectivity index (χ1n) is 7.68. The van der Waals surface area contributed by atoms with Crippen molar-refractivity contribution in [2.24, 2.45) is 0 Å². The van der Waals surface area contributed by atoms with Crippen molar-refractivity contribution >= 4 is 44.1 Å². The lowest BCUT2D eigenvalue weighted by Gasteiger charge is -2.06. The molecular formula is C19H15ClN2O2S. The van der Waals surface area contributed by atoms with Crippen LogP contribution in [0.5, 0.6) is 11.5 Å². The first-order valence-corrected chi connectivity index (χ1v) is 8.87. The van der Waals surface area contributed by atoms with E-state index < -0.39 is 0 Å². The molecule has 25 heavy (non-hydrogen) atoms. The van der Waals surface area contributed by atoms with E-state index in [4.69, 9.17) is 26.1 Å². The molecule has 0 saturated heterocycles. The number of rotatable bonds is 3. The number of halogens is 1. The lowest BCUT2D eigenvalue weighted by atomic mass is 10.1. The Labute approximate surface area is 154 Å². The molecule has 126 valence electrons. The van der Waals surface area contributed by atoms with Crippen LogP contribution in [0.4, 0.5) is 0 Å². The van der Waals surface area contributed by atoms with Crippen LogP contribution in [-0.2, 0) is 0 Å². The van der Waals surface area contributed by atoms with Crippen LogP contribution < -0.4 is 9.47 Å². The molecular weight excluding hydrogens is 356 g/mol. The molecule has 6 heteroatoms. The van der Waals surface area contributed by atoms with Gasteiger partial charge in [-0.1, -0.05) is 11.6 Å². The van der Waals surface area contributed by atoms with Gasteiger partial charge in [-0.3, -0.25) is 4.98 Å². The van der Waals surface area contributed by atoms with Crippen molar-refractivity contribution in [3.8, 4) is 22.1 Å². The van der Waals surface area contributed by atoms with Gasteiger partial charge >= 0.3 is 0 Å². The fourth-order valence-electron chi connectivity index (χ4n) is 2.87. The van der Waals surface area contributed by atoms with E-state index in [1.807, 2.05) is 37.3 Å². The summed E-state index contributed by atoms with van der Waals surface area (Å²) in [7, 11) is 3.29. The van der Waals surface area contributed by atoms with Crippen molar-refractivity contribution in [3.05, 3.63) is 47.1 Å². The summed E-state index contributed by atoms with van der Waals surface area (Å²) in [4.78, 5) is 9.38. The normalized spacial score (nSPS) is 11.2. The van der Waals surface area contributed by atoms with E-state index in [9.17, 15) is 0 Å². The van der Waals surface area contributed by atoms with Gasteiger partial charge < -0.3 is 9.47 Å². The van der Waals surface area contributed by atoms with Gasteiger partial charge in [-0.2, -0.15) is 0 Å². The smallest absolute Gasteiger partial charge is 0.137 e. The Morgan fingerprint density at radius 2 is 1.76 bits per heavy atom. The molecule has 2 heterocycles. The summed E-state index contributed by atoms with van der Waals surface area (Å²) in [5.74, 6) is 1.53. The van der Waals surface area contributed by atoms with Gasteiger partial charge in [0.1, 0.15) is 16.5 Å². The van der Waals surface area contributed by atoms with Crippen molar-refractivity contribution in [3.63, 3.8) is 0 Å². The third-order valence-electron chi connectivity index (χ3n) is 4.08. The molecule has 4 aromatic rings. The Bertz CT molecular complexity index is 1110. The van der Waals surface area contributed by atoms with Gasteiger partial charge in [0.2, 0.25) is 0 Å². The summed E-state index contributed by atoms with van der Waals surface area (Å²) in [5, 5.41) is 2.46. The average molecular weight is 371 g/mol. The monoisotopic (exact) mass is 370 g/mol. The minimum atomic E-state index is 0.645. The highest BCUT2D eigenvalue weighted by Crippen LogP contribution is 2.38. The third-order valence-corrected chi connectivity index (χ3v) is 5.34. The zero-order valence-corrected chi connectivity index (χ0v) is 15.5. The number of benzene rings is 2. The van der Waals surface area contributed by atoms with Gasteiger partial charge in [0, 0.05) is 16.0 Å². The van der Waals surface area contributed by atoms with Gasteiger partial charge in [-0.25, -0.2) is 4.98 Å². The Hall–Kier alpha value is -2.37. The van der Waals surface area contributed by atoms with Crippen molar-refractivity contribution in [2.45, 2.75) is 6.92 Å². The molecule has 0 saturated carbocycles. The van der Waals surface area contributed by atoms with Gasteiger partial charge in [-0.05, 0) is 42.8 Å². The number of hydrogen-bond acceptors (Lipinski definition) is 5.